The zero-order valence-electron chi connectivity index (χ0n) is 52.1. The van der Waals surface area contributed by atoms with Crippen LogP contribution in [0.15, 0.2) is 22.0 Å². The van der Waals surface area contributed by atoms with Gasteiger partial charge in [-0.3, -0.25) is 19.2 Å². The van der Waals surface area contributed by atoms with E-state index in [9.17, 15) is 33.9 Å². The molecule has 29 nitrogen and oxygen atoms in total. The van der Waals surface area contributed by atoms with Crippen molar-refractivity contribution in [1.29, 1.82) is 0 Å². The van der Waals surface area contributed by atoms with Gasteiger partial charge in [0.25, 0.3) is 5.56 Å². The van der Waals surface area contributed by atoms with Crippen LogP contribution in [0.5, 0.6) is 0 Å². The van der Waals surface area contributed by atoms with E-state index in [1.807, 2.05) is 0 Å². The number of pyridine rings is 2. The Kier molecular flexibility index (Phi) is 31.5. The molecule has 4 atom stereocenters. The van der Waals surface area contributed by atoms with Crippen LogP contribution in [0.1, 0.15) is 92.3 Å². The normalized spacial score (nSPS) is 16.2. The van der Waals surface area contributed by atoms with E-state index in [-0.39, 0.29) is 76.3 Å². The number of hydrogen-bond donors (Lipinski definition) is 6. The van der Waals surface area contributed by atoms with Gasteiger partial charge in [-0.05, 0) is 73.2 Å². The van der Waals surface area contributed by atoms with Gasteiger partial charge in [0.1, 0.15) is 24.5 Å². The van der Waals surface area contributed by atoms with Crippen LogP contribution in [0, 0.1) is 18.7 Å². The quantitative estimate of drug-likeness (QED) is 0.0122. The summed E-state index contributed by atoms with van der Waals surface area (Å²) in [5.74, 6) is -3.39. The molecule has 0 radical (unpaired) electrons. The van der Waals surface area contributed by atoms with E-state index >= 15 is 4.39 Å². The monoisotopic (exact) mass is 1270 g/mol. The molecule has 6 rings (SSSR count). The van der Waals surface area contributed by atoms with Gasteiger partial charge >= 0.3 is 12.0 Å². The van der Waals surface area contributed by atoms with Crippen molar-refractivity contribution in [2.45, 2.75) is 103 Å². The van der Waals surface area contributed by atoms with Crippen LogP contribution >= 0.6 is 0 Å². The third-order valence-electron chi connectivity index (χ3n) is 15.2. The lowest BCUT2D eigenvalue weighted by Crippen LogP contribution is -2.56. The first-order valence-electron chi connectivity index (χ1n) is 30.7. The molecule has 5 amide bonds. The number of aromatic nitrogens is 2. The van der Waals surface area contributed by atoms with Crippen molar-refractivity contribution in [3.05, 3.63) is 72.1 Å². The molecule has 0 bridgehead atoms. The molecule has 3 aliphatic rings. The topological polar surface area (TPSA) is 374 Å². The number of primary amides is 1. The molecule has 2 unspecified atom stereocenters. The third-order valence-corrected chi connectivity index (χ3v) is 15.2. The summed E-state index contributed by atoms with van der Waals surface area (Å²) in [6.07, 6.45) is 0.859. The number of esters is 1. The number of ether oxygens (including phenoxy) is 12. The van der Waals surface area contributed by atoms with E-state index in [4.69, 9.17) is 73.1 Å². The van der Waals surface area contributed by atoms with Gasteiger partial charge in [-0.15, -0.1) is 0 Å². The Balaban J connectivity index is 0.834. The summed E-state index contributed by atoms with van der Waals surface area (Å²) in [6, 6.07) is -0.801. The molecule has 2 aliphatic heterocycles. The summed E-state index contributed by atoms with van der Waals surface area (Å²) in [6.45, 7) is 15.3. The summed E-state index contributed by atoms with van der Waals surface area (Å²) < 4.78 is 82.7. The summed E-state index contributed by atoms with van der Waals surface area (Å²) in [5, 5.41) is 26.7. The number of azide groups is 1. The van der Waals surface area contributed by atoms with E-state index in [0.29, 0.717) is 189 Å². The fourth-order valence-corrected chi connectivity index (χ4v) is 10.4. The highest BCUT2D eigenvalue weighted by Crippen LogP contribution is 2.46. The van der Waals surface area contributed by atoms with Crippen LogP contribution in [-0.2, 0) is 101 Å². The Morgan fingerprint density at radius 1 is 0.778 bits per heavy atom. The van der Waals surface area contributed by atoms with Crippen molar-refractivity contribution in [1.82, 2.24) is 30.8 Å². The number of aliphatic hydroxyl groups is 1. The smallest absolute Gasteiger partial charge is 0.343 e. The fourth-order valence-electron chi connectivity index (χ4n) is 10.4. The average Bonchev–Trinajstić information content (AvgIpc) is 1.46. The number of halogens is 1. The number of nitrogens with one attached hydrogen (secondary N) is 4. The first kappa shape index (κ1) is 72.6. The lowest BCUT2D eigenvalue weighted by Gasteiger charge is -2.32. The number of rotatable bonds is 47. The zero-order valence-corrected chi connectivity index (χ0v) is 52.1. The lowest BCUT2D eigenvalue weighted by molar-refractivity contribution is -0.172. The molecule has 500 valence electrons. The number of aryl methyl sites for hydroxylation is 1. The summed E-state index contributed by atoms with van der Waals surface area (Å²) in [7, 11) is 0. The second-order valence-corrected chi connectivity index (χ2v) is 21.6. The van der Waals surface area contributed by atoms with E-state index < -0.39 is 70.7 Å². The molecule has 3 aromatic rings. The van der Waals surface area contributed by atoms with Crippen molar-refractivity contribution in [2.24, 2.45) is 16.8 Å². The molecule has 90 heavy (non-hydrogen) atoms. The largest absolute Gasteiger partial charge is 0.458 e. The van der Waals surface area contributed by atoms with Gasteiger partial charge in [-0.2, -0.15) is 0 Å². The Labute approximate surface area is 522 Å². The molecular weight excluding hydrogens is 1180 g/mol. The van der Waals surface area contributed by atoms with Gasteiger partial charge in [0.05, 0.1) is 180 Å². The zero-order chi connectivity index (χ0) is 64.7. The molecule has 0 spiro atoms. The number of carbonyl (C=O) groups is 5. The molecule has 0 saturated carbocycles. The second-order valence-electron chi connectivity index (χ2n) is 21.6. The summed E-state index contributed by atoms with van der Waals surface area (Å²) in [4.78, 5) is 88.0. The van der Waals surface area contributed by atoms with E-state index in [1.54, 1.807) is 33.8 Å². The van der Waals surface area contributed by atoms with Crippen molar-refractivity contribution in [2.75, 3.05) is 158 Å². The minimum Gasteiger partial charge on any atom is -0.458 e. The van der Waals surface area contributed by atoms with Crippen LogP contribution in [0.4, 0.5) is 9.18 Å². The SMILES string of the molecule is CC[C@@]1(O)C(=O)OCc2c1cc1n(c2=O)Cc2c-1nc1cc(F)c(C)c3c1c2[C@@H](NC(=O)C(CCCNC(N)=O)NC(=O)C(NC(=O)CCOCCOCCOCCOCCOCCOCCOCCOCCOCCOCCOCCN=[N+]=[N-])C(C)C)CC3. The van der Waals surface area contributed by atoms with Crippen molar-refractivity contribution < 1.29 is 90.3 Å². The van der Waals surface area contributed by atoms with Crippen molar-refractivity contribution in [3.63, 3.8) is 0 Å². The van der Waals surface area contributed by atoms with Crippen LogP contribution in [-0.4, -0.2) is 215 Å². The maximum atomic E-state index is 15.6. The van der Waals surface area contributed by atoms with E-state index in [1.165, 1.54) is 10.6 Å². The van der Waals surface area contributed by atoms with Crippen molar-refractivity contribution in [3.8, 4) is 11.4 Å². The third kappa shape index (κ3) is 21.8. The Bertz CT molecular complexity index is 2930. The number of urea groups is 1. The highest BCUT2D eigenvalue weighted by atomic mass is 19.1. The maximum Gasteiger partial charge on any atom is 0.343 e. The van der Waals surface area contributed by atoms with Gasteiger partial charge in [0.2, 0.25) is 17.7 Å². The van der Waals surface area contributed by atoms with Gasteiger partial charge in [0.15, 0.2) is 5.60 Å². The molecule has 7 N–H and O–H groups in total. The molecule has 1 aromatic carbocycles. The van der Waals surface area contributed by atoms with Crippen molar-refractivity contribution >= 4 is 40.6 Å². The number of nitrogens with zero attached hydrogens (tertiary/aromatic N) is 5. The predicted molar refractivity (Wildman–Crippen MR) is 322 cm³/mol. The average molecular weight is 1270 g/mol. The maximum absolute atomic E-state index is 15.6. The predicted octanol–water partition coefficient (Wildman–Crippen LogP) is 2.59. The number of benzene rings is 1. The minimum atomic E-state index is -2.07. The number of fused-ring (bicyclic) bond motifs is 5. The number of carbonyl (C=O) groups excluding carboxylic acids is 5. The molecule has 0 fully saturated rings. The Morgan fingerprint density at radius 2 is 1.30 bits per heavy atom. The Morgan fingerprint density at radius 3 is 1.80 bits per heavy atom. The van der Waals surface area contributed by atoms with E-state index in [2.05, 4.69) is 31.3 Å². The van der Waals surface area contributed by atoms with Crippen LogP contribution in [0.3, 0.4) is 0 Å². The first-order chi connectivity index (χ1) is 43.6. The van der Waals surface area contributed by atoms with Crippen LogP contribution < -0.4 is 32.6 Å². The first-order valence-corrected chi connectivity index (χ1v) is 30.7. The molecule has 0 saturated heterocycles. The standard InChI is InChI=1S/C60H89FN10O19/c1-5-60(78)44-35-49-54-42(37-71(49)57(75)43(44)38-90-58(60)76)52-46(9-8-41-40(4)45(61)36-48(66-54)51(41)52)67-55(73)47(7-6-11-64-59(62)77)68-56(74)53(39(2)3)69-50(72)10-13-79-15-17-81-19-21-83-23-25-85-27-29-87-31-33-89-34-32-88-30-28-86-26-24-84-22-20-82-18-16-80-14-12-65-70-63/h35-36,39,46-47,53,78H,5-34,37-38H2,1-4H3,(H,67,73)(H,68,74)(H,69,72)(H3,62,64,77)/t46-,47?,53?,60-/m0/s1. The second kappa shape index (κ2) is 39.0. The molecule has 2 aromatic heterocycles. The van der Waals surface area contributed by atoms with Gasteiger partial charge < -0.3 is 93.5 Å². The molecule has 30 heteroatoms. The summed E-state index contributed by atoms with van der Waals surface area (Å²) >= 11 is 0. The summed E-state index contributed by atoms with van der Waals surface area (Å²) in [5.41, 5.74) is 14.5. The Hall–Kier alpha value is -6.51. The number of hydrogen-bond acceptors (Lipinski definition) is 21. The molecule has 4 heterocycles. The number of amides is 5. The van der Waals surface area contributed by atoms with Gasteiger partial charge in [-0.25, -0.2) is 19.0 Å². The van der Waals surface area contributed by atoms with Gasteiger partial charge in [-0.1, -0.05) is 25.9 Å². The highest BCUT2D eigenvalue weighted by molar-refractivity contribution is 5.95. The minimum absolute atomic E-state index is 0.0221. The molecular formula is C60H89FN10O19. The fraction of sp³-hybridized carbons (Fsp3) is 0.683. The molecule has 1 aliphatic carbocycles. The lowest BCUT2D eigenvalue weighted by atomic mass is 9.81. The van der Waals surface area contributed by atoms with Crippen LogP contribution in [0.2, 0.25) is 0 Å². The van der Waals surface area contributed by atoms with Crippen LogP contribution in [0.25, 0.3) is 32.7 Å². The highest BCUT2D eigenvalue weighted by Gasteiger charge is 2.46. The number of nitrogens with two attached hydrogens (primary N) is 1. The van der Waals surface area contributed by atoms with E-state index in [0.717, 1.165) is 0 Å². The van der Waals surface area contributed by atoms with Gasteiger partial charge in [0, 0.05) is 47.0 Å². The number of cyclic esters (lactones) is 1.